The first-order valence-electron chi connectivity index (χ1n) is 10.9. The van der Waals surface area contributed by atoms with Gasteiger partial charge in [0.05, 0.1) is 5.92 Å². The fourth-order valence-electron chi connectivity index (χ4n) is 3.18. The van der Waals surface area contributed by atoms with Crippen LogP contribution in [0.4, 0.5) is 0 Å². The number of rotatable bonds is 14. The van der Waals surface area contributed by atoms with Gasteiger partial charge < -0.3 is 15.6 Å². The molecule has 0 amide bonds. The molecule has 0 saturated heterocycles. The normalized spacial score (nSPS) is 15.5. The molecule has 0 fully saturated rings. The van der Waals surface area contributed by atoms with Gasteiger partial charge in [-0.1, -0.05) is 71.0 Å². The molecule has 7 heteroatoms. The standard InChI is InChI=1S/C25H34N2O3S2/c1-17(12-20-9-10-21-6-4-5-7-22(21)13-20)25(30)27-14-23(19(3)29)15-31-32-16-24(26)11-8-18(2)28/h4-7,9-10,13-14,17,23-25,30H,8,11-12,15-16,26H2,1-3H3. The minimum Gasteiger partial charge on any atom is -0.372 e. The van der Waals surface area contributed by atoms with Crippen molar-refractivity contribution >= 4 is 50.1 Å². The molecule has 0 aliphatic heterocycles. The molecule has 0 bridgehead atoms. The van der Waals surface area contributed by atoms with E-state index in [-0.39, 0.29) is 29.4 Å². The Bertz CT molecular complexity index is 919. The van der Waals surface area contributed by atoms with E-state index >= 15 is 0 Å². The number of ketones is 2. The topological polar surface area (TPSA) is 92.8 Å². The number of nitrogens with two attached hydrogens (primary N) is 1. The second-order valence-electron chi connectivity index (χ2n) is 8.36. The first-order valence-corrected chi connectivity index (χ1v) is 13.4. The molecule has 2 aromatic carbocycles. The minimum absolute atomic E-state index is 0.0251. The molecule has 32 heavy (non-hydrogen) atoms. The first kappa shape index (κ1) is 26.6. The largest absolute Gasteiger partial charge is 0.372 e. The Morgan fingerprint density at radius 2 is 1.78 bits per heavy atom. The third-order valence-electron chi connectivity index (χ3n) is 5.30. The highest BCUT2D eigenvalue weighted by atomic mass is 33.1. The van der Waals surface area contributed by atoms with Crippen LogP contribution in [0.15, 0.2) is 47.5 Å². The van der Waals surface area contributed by atoms with Crippen molar-refractivity contribution in [3.05, 3.63) is 48.0 Å². The number of Topliss-reactive ketones (excluding diaryl/α,β-unsaturated/α-hetero) is 2. The maximum atomic E-state index is 12.0. The van der Waals surface area contributed by atoms with Crippen LogP contribution in [0, 0.1) is 11.8 Å². The fourth-order valence-corrected chi connectivity index (χ4v) is 5.72. The molecule has 4 unspecified atom stereocenters. The van der Waals surface area contributed by atoms with Gasteiger partial charge in [0.25, 0.3) is 0 Å². The predicted octanol–water partition coefficient (Wildman–Crippen LogP) is 4.69. The number of aliphatic hydroxyl groups excluding tert-OH is 1. The van der Waals surface area contributed by atoms with Crippen LogP contribution in [0.2, 0.25) is 0 Å². The van der Waals surface area contributed by atoms with E-state index in [9.17, 15) is 14.7 Å². The SMILES string of the molecule is CC(=O)CCC(N)CSSCC(C=NC(O)C(C)Cc1ccc2ccccc2c1)C(C)=O. The van der Waals surface area contributed by atoms with Crippen molar-refractivity contribution in [2.45, 2.75) is 52.3 Å². The predicted molar refractivity (Wildman–Crippen MR) is 138 cm³/mol. The number of hydrogen-bond donors (Lipinski definition) is 2. The summed E-state index contributed by atoms with van der Waals surface area (Å²) in [5.41, 5.74) is 7.17. The van der Waals surface area contributed by atoms with Crippen molar-refractivity contribution in [3.63, 3.8) is 0 Å². The molecule has 174 valence electrons. The van der Waals surface area contributed by atoms with Crippen molar-refractivity contribution < 1.29 is 14.7 Å². The molecular weight excluding hydrogens is 440 g/mol. The van der Waals surface area contributed by atoms with Gasteiger partial charge >= 0.3 is 0 Å². The highest BCUT2D eigenvalue weighted by Gasteiger charge is 2.17. The Morgan fingerprint density at radius 3 is 2.47 bits per heavy atom. The summed E-state index contributed by atoms with van der Waals surface area (Å²) < 4.78 is 0. The second kappa shape index (κ2) is 13.8. The average Bonchev–Trinajstić information content (AvgIpc) is 2.76. The van der Waals surface area contributed by atoms with Crippen LogP contribution >= 0.6 is 21.6 Å². The van der Waals surface area contributed by atoms with E-state index in [1.54, 1.807) is 41.6 Å². The summed E-state index contributed by atoms with van der Waals surface area (Å²) >= 11 is 0. The zero-order valence-electron chi connectivity index (χ0n) is 19.1. The lowest BCUT2D eigenvalue weighted by Crippen LogP contribution is -2.23. The number of benzene rings is 2. The maximum absolute atomic E-state index is 12.0. The van der Waals surface area contributed by atoms with E-state index in [4.69, 9.17) is 5.73 Å². The van der Waals surface area contributed by atoms with Gasteiger partial charge in [-0.3, -0.25) is 9.79 Å². The third kappa shape index (κ3) is 9.45. The van der Waals surface area contributed by atoms with Gasteiger partial charge in [0.15, 0.2) is 0 Å². The molecule has 0 saturated carbocycles. The Labute approximate surface area is 199 Å². The van der Waals surface area contributed by atoms with E-state index in [2.05, 4.69) is 35.3 Å². The van der Waals surface area contributed by atoms with Crippen LogP contribution in [0.3, 0.4) is 0 Å². The maximum Gasteiger partial charge on any atom is 0.147 e. The first-order chi connectivity index (χ1) is 15.3. The molecule has 4 atom stereocenters. The summed E-state index contributed by atoms with van der Waals surface area (Å²) in [7, 11) is 3.18. The highest BCUT2D eigenvalue weighted by Crippen LogP contribution is 2.25. The van der Waals surface area contributed by atoms with Gasteiger partial charge in [0, 0.05) is 36.1 Å². The van der Waals surface area contributed by atoms with Gasteiger partial charge in [-0.15, -0.1) is 0 Å². The molecule has 0 radical (unpaired) electrons. The van der Waals surface area contributed by atoms with E-state index in [1.165, 1.54) is 10.8 Å². The fraction of sp³-hybridized carbons (Fsp3) is 0.480. The van der Waals surface area contributed by atoms with Crippen molar-refractivity contribution in [3.8, 4) is 0 Å². The monoisotopic (exact) mass is 474 g/mol. The van der Waals surface area contributed by atoms with Gasteiger partial charge in [-0.05, 0) is 43.0 Å². The van der Waals surface area contributed by atoms with Crippen LogP contribution in [0.25, 0.3) is 10.8 Å². The molecule has 2 aromatic rings. The number of aliphatic hydroxyl groups is 1. The molecule has 0 aliphatic carbocycles. The summed E-state index contributed by atoms with van der Waals surface area (Å²) in [5.74, 6) is 1.07. The van der Waals surface area contributed by atoms with Crippen LogP contribution in [0.1, 0.15) is 39.2 Å². The van der Waals surface area contributed by atoms with Crippen molar-refractivity contribution in [1.82, 2.24) is 0 Å². The number of hydrogen-bond acceptors (Lipinski definition) is 7. The zero-order valence-corrected chi connectivity index (χ0v) is 20.7. The number of nitrogens with zero attached hydrogens (tertiary/aromatic N) is 1. The molecule has 0 heterocycles. The van der Waals surface area contributed by atoms with Crippen molar-refractivity contribution in [2.75, 3.05) is 11.5 Å². The van der Waals surface area contributed by atoms with Crippen LogP contribution < -0.4 is 5.73 Å². The molecule has 0 aromatic heterocycles. The lowest BCUT2D eigenvalue weighted by atomic mass is 9.97. The number of carbonyl (C=O) groups is 2. The minimum atomic E-state index is -0.860. The summed E-state index contributed by atoms with van der Waals surface area (Å²) in [6.07, 6.45) is 2.62. The molecule has 0 aliphatic rings. The smallest absolute Gasteiger partial charge is 0.147 e. The van der Waals surface area contributed by atoms with Crippen molar-refractivity contribution in [1.29, 1.82) is 0 Å². The second-order valence-corrected chi connectivity index (χ2v) is 10.9. The van der Waals surface area contributed by atoms with Gasteiger partial charge in [0.1, 0.15) is 17.8 Å². The Morgan fingerprint density at radius 1 is 1.09 bits per heavy atom. The van der Waals surface area contributed by atoms with Gasteiger partial charge in [0.2, 0.25) is 0 Å². The molecule has 0 spiro atoms. The van der Waals surface area contributed by atoms with E-state index in [0.717, 1.165) is 11.3 Å². The summed E-state index contributed by atoms with van der Waals surface area (Å²) in [6, 6.07) is 14.5. The van der Waals surface area contributed by atoms with Crippen LogP contribution in [-0.4, -0.2) is 46.7 Å². The Kier molecular flexibility index (Phi) is 11.4. The zero-order chi connectivity index (χ0) is 23.5. The number of carbonyl (C=O) groups excluding carboxylic acids is 2. The van der Waals surface area contributed by atoms with Gasteiger partial charge in [-0.2, -0.15) is 0 Å². The van der Waals surface area contributed by atoms with Crippen LogP contribution in [-0.2, 0) is 16.0 Å². The highest BCUT2D eigenvalue weighted by molar-refractivity contribution is 8.76. The summed E-state index contributed by atoms with van der Waals surface area (Å²) in [5, 5.41) is 12.9. The average molecular weight is 475 g/mol. The number of aliphatic imine (C=N–C) groups is 1. The lowest BCUT2D eigenvalue weighted by molar-refractivity contribution is -0.118. The Hall–Kier alpha value is -1.67. The van der Waals surface area contributed by atoms with E-state index in [0.29, 0.717) is 25.0 Å². The van der Waals surface area contributed by atoms with E-state index in [1.807, 2.05) is 19.1 Å². The summed E-state index contributed by atoms with van der Waals surface area (Å²) in [6.45, 7) is 5.08. The van der Waals surface area contributed by atoms with E-state index < -0.39 is 6.23 Å². The Balaban J connectivity index is 1.81. The van der Waals surface area contributed by atoms with Crippen LogP contribution in [0.5, 0.6) is 0 Å². The molecular formula is C25H34N2O3S2. The quantitative estimate of drug-likeness (QED) is 0.234. The molecule has 5 nitrogen and oxygen atoms in total. The summed E-state index contributed by atoms with van der Waals surface area (Å²) in [4.78, 5) is 27.3. The van der Waals surface area contributed by atoms with Gasteiger partial charge in [-0.25, -0.2) is 0 Å². The molecule has 3 N–H and O–H groups in total. The lowest BCUT2D eigenvalue weighted by Gasteiger charge is -2.17. The molecule has 2 rings (SSSR count). The third-order valence-corrected chi connectivity index (χ3v) is 7.84. The number of fused-ring (bicyclic) bond motifs is 1. The van der Waals surface area contributed by atoms with Crippen molar-refractivity contribution in [2.24, 2.45) is 22.6 Å².